The molecule has 8 heteroatoms. The summed E-state index contributed by atoms with van der Waals surface area (Å²) in [4.78, 5) is 35.9. The van der Waals surface area contributed by atoms with E-state index in [9.17, 15) is 14.4 Å². The van der Waals surface area contributed by atoms with Crippen LogP contribution in [0.15, 0.2) is 23.1 Å². The summed E-state index contributed by atoms with van der Waals surface area (Å²) in [6.07, 6.45) is 6.70. The zero-order valence-electron chi connectivity index (χ0n) is 12.8. The quantitative estimate of drug-likeness (QED) is 0.614. The Morgan fingerprint density at radius 2 is 2.17 bits per heavy atom. The number of primary amides is 1. The predicted octanol–water partition coefficient (Wildman–Crippen LogP) is 1.23. The van der Waals surface area contributed by atoms with E-state index >= 15 is 0 Å². The Kier molecular flexibility index (Phi) is 5.50. The van der Waals surface area contributed by atoms with Gasteiger partial charge in [0.1, 0.15) is 0 Å². The van der Waals surface area contributed by atoms with Gasteiger partial charge in [0.2, 0.25) is 0 Å². The molecule has 1 aliphatic rings. The number of benzene rings is 1. The van der Waals surface area contributed by atoms with Crippen molar-refractivity contribution in [2.75, 3.05) is 20.3 Å². The van der Waals surface area contributed by atoms with Crippen LogP contribution in [-0.4, -0.2) is 42.2 Å². The smallest absolute Gasteiger partial charge is 0.294 e. The van der Waals surface area contributed by atoms with Gasteiger partial charge in [0, 0.05) is 0 Å². The van der Waals surface area contributed by atoms with Crippen LogP contribution >= 0.6 is 11.8 Å². The van der Waals surface area contributed by atoms with Crippen molar-refractivity contribution in [3.8, 4) is 23.8 Å². The number of nitrogens with zero attached hydrogens (tertiary/aromatic N) is 1. The van der Waals surface area contributed by atoms with E-state index in [1.807, 2.05) is 0 Å². The Morgan fingerprint density at radius 3 is 2.79 bits per heavy atom. The maximum Gasteiger partial charge on any atom is 0.294 e. The molecule has 0 aliphatic carbocycles. The molecule has 0 unspecified atom stereocenters. The third-order valence-electron chi connectivity index (χ3n) is 2.98. The van der Waals surface area contributed by atoms with Crippen molar-refractivity contribution in [2.45, 2.75) is 0 Å². The van der Waals surface area contributed by atoms with E-state index < -0.39 is 17.1 Å². The maximum atomic E-state index is 12.1. The highest BCUT2D eigenvalue weighted by Crippen LogP contribution is 2.34. The van der Waals surface area contributed by atoms with Crippen LogP contribution < -0.4 is 15.2 Å². The first-order valence-corrected chi connectivity index (χ1v) is 7.56. The Labute approximate surface area is 142 Å². The largest absolute Gasteiger partial charge is 0.493 e. The lowest BCUT2D eigenvalue weighted by molar-refractivity contribution is -0.122. The molecule has 1 aliphatic heterocycles. The molecule has 2 N–H and O–H groups in total. The fraction of sp³-hybridized carbons (Fsp3) is 0.188. The molecule has 1 saturated heterocycles. The molecular weight excluding hydrogens is 332 g/mol. The lowest BCUT2D eigenvalue weighted by Gasteiger charge is -2.10. The summed E-state index contributed by atoms with van der Waals surface area (Å²) in [5, 5.41) is -0.405. The summed E-state index contributed by atoms with van der Waals surface area (Å²) in [7, 11) is 1.44. The van der Waals surface area contributed by atoms with E-state index in [1.54, 1.807) is 24.3 Å². The van der Waals surface area contributed by atoms with Crippen LogP contribution in [-0.2, 0) is 9.59 Å². The molecular formula is C16H14N2O5S. The number of ether oxygens (including phenoxy) is 2. The van der Waals surface area contributed by atoms with Crippen LogP contribution in [0.1, 0.15) is 5.56 Å². The molecule has 3 amide bonds. The fourth-order valence-corrected chi connectivity index (χ4v) is 2.76. The van der Waals surface area contributed by atoms with Crippen LogP contribution in [0.4, 0.5) is 4.79 Å². The Bertz CT molecular complexity index is 766. The highest BCUT2D eigenvalue weighted by molar-refractivity contribution is 8.18. The molecule has 0 atom stereocenters. The molecule has 0 spiro atoms. The molecule has 1 fully saturated rings. The molecule has 124 valence electrons. The average molecular weight is 346 g/mol. The zero-order chi connectivity index (χ0) is 17.7. The Hall–Kier alpha value is -2.92. The summed E-state index contributed by atoms with van der Waals surface area (Å²) >= 11 is 0.818. The summed E-state index contributed by atoms with van der Waals surface area (Å²) in [5.74, 6) is 1.94. The van der Waals surface area contributed by atoms with Crippen molar-refractivity contribution in [1.82, 2.24) is 4.90 Å². The van der Waals surface area contributed by atoms with Gasteiger partial charge in [-0.1, -0.05) is 12.0 Å². The number of thioether (sulfide) groups is 1. The Morgan fingerprint density at radius 1 is 1.42 bits per heavy atom. The van der Waals surface area contributed by atoms with Gasteiger partial charge in [-0.05, 0) is 35.5 Å². The number of carbonyl (C=O) groups is 3. The first-order chi connectivity index (χ1) is 11.5. The lowest BCUT2D eigenvalue weighted by Crippen LogP contribution is -2.28. The second kappa shape index (κ2) is 7.57. The third-order valence-corrected chi connectivity index (χ3v) is 3.89. The number of carbonyl (C=O) groups excluding carboxylic acids is 3. The molecule has 24 heavy (non-hydrogen) atoms. The van der Waals surface area contributed by atoms with Crippen molar-refractivity contribution >= 4 is 34.9 Å². The number of nitrogens with two attached hydrogens (primary N) is 1. The molecule has 1 heterocycles. The molecule has 2 rings (SSSR count). The lowest BCUT2D eigenvalue weighted by atomic mass is 10.2. The van der Waals surface area contributed by atoms with Gasteiger partial charge in [-0.3, -0.25) is 19.3 Å². The van der Waals surface area contributed by atoms with Gasteiger partial charge >= 0.3 is 0 Å². The minimum atomic E-state index is -0.608. The normalized spacial score (nSPS) is 15.5. The molecule has 0 bridgehead atoms. The van der Waals surface area contributed by atoms with E-state index in [2.05, 4.69) is 5.92 Å². The topological polar surface area (TPSA) is 98.9 Å². The van der Waals surface area contributed by atoms with E-state index in [4.69, 9.17) is 21.6 Å². The standard InChI is InChI=1S/C16H14N2O5S/c1-3-6-18-15(20)13(24-16(18)21)8-10-4-5-11(12(7-10)22-2)23-9-14(17)19/h1,4-5,7-8H,6,9H2,2H3,(H2,17,19)/b13-8-. The summed E-state index contributed by atoms with van der Waals surface area (Å²) in [6, 6.07) is 4.86. The van der Waals surface area contributed by atoms with Crippen molar-refractivity contribution in [2.24, 2.45) is 5.73 Å². The van der Waals surface area contributed by atoms with Crippen LogP contribution in [0.25, 0.3) is 6.08 Å². The van der Waals surface area contributed by atoms with E-state index in [1.165, 1.54) is 7.11 Å². The van der Waals surface area contributed by atoms with E-state index in [-0.39, 0.29) is 18.1 Å². The second-order valence-electron chi connectivity index (χ2n) is 4.64. The van der Waals surface area contributed by atoms with Crippen LogP contribution in [0, 0.1) is 12.3 Å². The Balaban J connectivity index is 2.24. The summed E-state index contributed by atoms with van der Waals surface area (Å²) in [5.41, 5.74) is 5.66. The number of rotatable bonds is 6. The first-order valence-electron chi connectivity index (χ1n) is 6.74. The van der Waals surface area contributed by atoms with Crippen LogP contribution in [0.2, 0.25) is 0 Å². The van der Waals surface area contributed by atoms with Crippen molar-refractivity contribution in [3.05, 3.63) is 28.7 Å². The van der Waals surface area contributed by atoms with Gasteiger partial charge in [0.05, 0.1) is 18.6 Å². The minimum absolute atomic E-state index is 0.0643. The average Bonchev–Trinajstić information content (AvgIpc) is 2.81. The minimum Gasteiger partial charge on any atom is -0.493 e. The van der Waals surface area contributed by atoms with Gasteiger partial charge in [-0.15, -0.1) is 6.42 Å². The summed E-state index contributed by atoms with van der Waals surface area (Å²) < 4.78 is 10.4. The third kappa shape index (κ3) is 3.88. The monoisotopic (exact) mass is 346 g/mol. The molecule has 1 aromatic rings. The number of hydrogen-bond donors (Lipinski definition) is 1. The highest BCUT2D eigenvalue weighted by atomic mass is 32.2. The van der Waals surface area contributed by atoms with E-state index in [0.29, 0.717) is 17.1 Å². The summed E-state index contributed by atoms with van der Waals surface area (Å²) in [6.45, 7) is -0.341. The van der Waals surface area contributed by atoms with Crippen molar-refractivity contribution < 1.29 is 23.9 Å². The van der Waals surface area contributed by atoms with Gasteiger partial charge in [-0.25, -0.2) is 0 Å². The number of hydrogen-bond acceptors (Lipinski definition) is 6. The number of terminal acetylenes is 1. The van der Waals surface area contributed by atoms with Crippen molar-refractivity contribution in [3.63, 3.8) is 0 Å². The van der Waals surface area contributed by atoms with Crippen LogP contribution in [0.5, 0.6) is 11.5 Å². The predicted molar refractivity (Wildman–Crippen MR) is 89.2 cm³/mol. The van der Waals surface area contributed by atoms with Gasteiger partial charge in [0.25, 0.3) is 17.1 Å². The molecule has 1 aromatic carbocycles. The van der Waals surface area contributed by atoms with Gasteiger partial charge < -0.3 is 15.2 Å². The van der Waals surface area contributed by atoms with Crippen LogP contribution in [0.3, 0.4) is 0 Å². The molecule has 0 radical (unpaired) electrons. The first kappa shape index (κ1) is 17.4. The SMILES string of the molecule is C#CCN1C(=O)S/C(=C\c2ccc(OCC(N)=O)c(OC)c2)C1=O. The molecule has 7 nitrogen and oxygen atoms in total. The molecule has 0 saturated carbocycles. The number of imide groups is 1. The maximum absolute atomic E-state index is 12.1. The van der Waals surface area contributed by atoms with Gasteiger partial charge in [0.15, 0.2) is 18.1 Å². The van der Waals surface area contributed by atoms with Gasteiger partial charge in [-0.2, -0.15) is 0 Å². The number of amides is 3. The van der Waals surface area contributed by atoms with Crippen molar-refractivity contribution in [1.29, 1.82) is 0 Å². The fourth-order valence-electron chi connectivity index (χ4n) is 1.92. The zero-order valence-corrected chi connectivity index (χ0v) is 13.6. The molecule has 0 aromatic heterocycles. The number of methoxy groups -OCH3 is 1. The highest BCUT2D eigenvalue weighted by Gasteiger charge is 2.34. The second-order valence-corrected chi connectivity index (χ2v) is 5.63. The van der Waals surface area contributed by atoms with E-state index in [0.717, 1.165) is 16.7 Å².